The maximum Gasteiger partial charge on any atom is 0.209 e. The predicted molar refractivity (Wildman–Crippen MR) is 80.8 cm³/mol. The van der Waals surface area contributed by atoms with E-state index in [-0.39, 0.29) is 0 Å². The highest BCUT2D eigenvalue weighted by atomic mass is 32.2. The van der Waals surface area contributed by atoms with Crippen LogP contribution in [0.3, 0.4) is 0 Å². The van der Waals surface area contributed by atoms with E-state index < -0.39 is 0 Å². The molecule has 1 aliphatic rings. The van der Waals surface area contributed by atoms with Gasteiger partial charge in [0.05, 0.1) is 18.3 Å². The second-order valence-corrected chi connectivity index (χ2v) is 6.28. The molecule has 2 aromatic rings. The summed E-state index contributed by atoms with van der Waals surface area (Å²) in [6, 6.07) is 2.68. The third kappa shape index (κ3) is 3.62. The fourth-order valence-corrected chi connectivity index (χ4v) is 3.51. The van der Waals surface area contributed by atoms with Gasteiger partial charge in [-0.1, -0.05) is 31.0 Å². The Morgan fingerprint density at radius 3 is 2.95 bits per heavy atom. The minimum atomic E-state index is 0.537. The van der Waals surface area contributed by atoms with Crippen LogP contribution in [0.2, 0.25) is 0 Å². The lowest BCUT2D eigenvalue weighted by atomic mass is 9.96. The summed E-state index contributed by atoms with van der Waals surface area (Å²) >= 11 is 1.60. The number of hydrogen-bond donors (Lipinski definition) is 1. The second-order valence-electron chi connectivity index (χ2n) is 5.34. The average molecular weight is 307 g/mol. The molecule has 0 saturated heterocycles. The number of thioether (sulfide) groups is 1. The highest BCUT2D eigenvalue weighted by Gasteiger charge is 2.16. The van der Waals surface area contributed by atoms with Crippen LogP contribution < -0.4 is 5.73 Å². The predicted octanol–water partition coefficient (Wildman–Crippen LogP) is 1.63. The zero-order chi connectivity index (χ0) is 14.5. The van der Waals surface area contributed by atoms with Crippen molar-refractivity contribution < 1.29 is 0 Å². The number of nitrogens with zero attached hydrogens (tertiary/aromatic N) is 6. The molecule has 21 heavy (non-hydrogen) atoms. The number of nitrogens with two attached hydrogens (primary N) is 1. The maximum atomic E-state index is 5.54. The first-order chi connectivity index (χ1) is 10.4. The molecular formula is C13H21N7S. The summed E-state index contributed by atoms with van der Waals surface area (Å²) in [5, 5.41) is 17.1. The molecule has 114 valence electrons. The molecule has 0 atom stereocenters. The Hall–Kier alpha value is -1.41. The SMILES string of the molecule is NCCn1nnnc1SCc1ccn(C2CCCCC2)n1. The molecule has 0 radical (unpaired) electrons. The highest BCUT2D eigenvalue weighted by molar-refractivity contribution is 7.98. The molecule has 0 aromatic carbocycles. The minimum Gasteiger partial charge on any atom is -0.329 e. The van der Waals surface area contributed by atoms with E-state index in [0.717, 1.165) is 16.6 Å². The van der Waals surface area contributed by atoms with Crippen LogP contribution in [0.5, 0.6) is 0 Å². The smallest absolute Gasteiger partial charge is 0.209 e. The van der Waals surface area contributed by atoms with Crippen LogP contribution in [0.4, 0.5) is 0 Å². The second kappa shape index (κ2) is 7.04. The van der Waals surface area contributed by atoms with Crippen molar-refractivity contribution in [3.05, 3.63) is 18.0 Å². The first kappa shape index (κ1) is 14.5. The average Bonchev–Trinajstić information content (AvgIpc) is 3.16. The first-order valence-electron chi connectivity index (χ1n) is 7.50. The normalized spacial score (nSPS) is 16.4. The van der Waals surface area contributed by atoms with Crippen LogP contribution in [0, 0.1) is 0 Å². The van der Waals surface area contributed by atoms with Crippen LogP contribution in [-0.4, -0.2) is 36.5 Å². The van der Waals surface area contributed by atoms with Gasteiger partial charge in [-0.2, -0.15) is 5.10 Å². The molecule has 1 saturated carbocycles. The molecule has 0 unspecified atom stereocenters. The van der Waals surface area contributed by atoms with E-state index in [1.807, 2.05) is 0 Å². The van der Waals surface area contributed by atoms with Gasteiger partial charge in [-0.25, -0.2) is 4.68 Å². The third-order valence-electron chi connectivity index (χ3n) is 3.80. The fraction of sp³-hybridized carbons (Fsp3) is 0.692. The van der Waals surface area contributed by atoms with Crippen LogP contribution >= 0.6 is 11.8 Å². The fourth-order valence-electron chi connectivity index (χ4n) is 2.70. The van der Waals surface area contributed by atoms with E-state index in [1.54, 1.807) is 16.4 Å². The number of tetrazole rings is 1. The van der Waals surface area contributed by atoms with Crippen molar-refractivity contribution in [3.8, 4) is 0 Å². The lowest BCUT2D eigenvalue weighted by molar-refractivity contribution is 0.328. The van der Waals surface area contributed by atoms with E-state index in [9.17, 15) is 0 Å². The van der Waals surface area contributed by atoms with Gasteiger partial charge < -0.3 is 5.73 Å². The number of rotatable bonds is 6. The monoisotopic (exact) mass is 307 g/mol. The molecule has 0 aliphatic heterocycles. The summed E-state index contributed by atoms with van der Waals surface area (Å²) in [5.41, 5.74) is 6.62. The lowest BCUT2D eigenvalue weighted by Gasteiger charge is -2.21. The van der Waals surface area contributed by atoms with Gasteiger partial charge in [0, 0.05) is 18.5 Å². The summed E-state index contributed by atoms with van der Waals surface area (Å²) in [4.78, 5) is 0. The molecule has 2 N–H and O–H groups in total. The van der Waals surface area contributed by atoms with Gasteiger partial charge in [-0.3, -0.25) is 4.68 Å². The van der Waals surface area contributed by atoms with E-state index in [0.29, 0.717) is 19.1 Å². The van der Waals surface area contributed by atoms with Crippen molar-refractivity contribution in [2.24, 2.45) is 5.73 Å². The van der Waals surface area contributed by atoms with Crippen molar-refractivity contribution >= 4 is 11.8 Å². The molecule has 8 heteroatoms. The Kier molecular flexibility index (Phi) is 4.87. The summed E-state index contributed by atoms with van der Waals surface area (Å²) < 4.78 is 3.88. The molecule has 1 aliphatic carbocycles. The molecule has 0 bridgehead atoms. The molecule has 2 aromatic heterocycles. The Labute approximate surface area is 128 Å². The number of hydrogen-bond acceptors (Lipinski definition) is 6. The molecular weight excluding hydrogens is 286 g/mol. The van der Waals surface area contributed by atoms with Gasteiger partial charge in [0.2, 0.25) is 5.16 Å². The quantitative estimate of drug-likeness (QED) is 0.816. The van der Waals surface area contributed by atoms with E-state index in [4.69, 9.17) is 10.8 Å². The maximum absolute atomic E-state index is 5.54. The van der Waals surface area contributed by atoms with Gasteiger partial charge in [0.15, 0.2) is 0 Å². The Bertz CT molecular complexity index is 558. The molecule has 7 nitrogen and oxygen atoms in total. The standard InChI is InChI=1S/C13H21N7S/c14-7-9-20-13(15-17-18-20)21-10-11-6-8-19(16-11)12-4-2-1-3-5-12/h6,8,12H,1-5,7,9-10,14H2. The lowest BCUT2D eigenvalue weighted by Crippen LogP contribution is -2.13. The van der Waals surface area contributed by atoms with Gasteiger partial charge in [-0.05, 0) is 29.3 Å². The van der Waals surface area contributed by atoms with Crippen molar-refractivity contribution in [1.82, 2.24) is 30.0 Å². The van der Waals surface area contributed by atoms with Crippen LogP contribution in [0.15, 0.2) is 17.4 Å². The zero-order valence-electron chi connectivity index (χ0n) is 12.1. The number of aromatic nitrogens is 6. The molecule has 1 fully saturated rings. The largest absolute Gasteiger partial charge is 0.329 e. The van der Waals surface area contributed by atoms with Crippen LogP contribution in [0.25, 0.3) is 0 Å². The molecule has 0 amide bonds. The topological polar surface area (TPSA) is 87.4 Å². The van der Waals surface area contributed by atoms with Crippen molar-refractivity contribution in [1.29, 1.82) is 0 Å². The van der Waals surface area contributed by atoms with Gasteiger partial charge >= 0.3 is 0 Å². The van der Waals surface area contributed by atoms with Crippen LogP contribution in [-0.2, 0) is 12.3 Å². The Morgan fingerprint density at radius 1 is 1.29 bits per heavy atom. The molecule has 0 spiro atoms. The Balaban J connectivity index is 1.58. The molecule has 3 rings (SSSR count). The zero-order valence-corrected chi connectivity index (χ0v) is 12.9. The van der Waals surface area contributed by atoms with Crippen molar-refractivity contribution in [3.63, 3.8) is 0 Å². The Morgan fingerprint density at radius 2 is 2.14 bits per heavy atom. The molecule has 2 heterocycles. The summed E-state index contributed by atoms with van der Waals surface area (Å²) in [5.74, 6) is 0.782. The van der Waals surface area contributed by atoms with Gasteiger partial charge in [0.25, 0.3) is 0 Å². The van der Waals surface area contributed by atoms with E-state index >= 15 is 0 Å². The minimum absolute atomic E-state index is 0.537. The third-order valence-corrected chi connectivity index (χ3v) is 4.79. The van der Waals surface area contributed by atoms with Crippen molar-refractivity contribution in [2.45, 2.75) is 55.6 Å². The van der Waals surface area contributed by atoms with Crippen molar-refractivity contribution in [2.75, 3.05) is 6.54 Å². The summed E-state index contributed by atoms with van der Waals surface area (Å²) in [6.45, 7) is 1.18. The van der Waals surface area contributed by atoms with Gasteiger partial charge in [-0.15, -0.1) is 5.10 Å². The van der Waals surface area contributed by atoms with Gasteiger partial charge in [0.1, 0.15) is 0 Å². The van der Waals surface area contributed by atoms with E-state index in [2.05, 4.69) is 32.5 Å². The highest BCUT2D eigenvalue weighted by Crippen LogP contribution is 2.28. The first-order valence-corrected chi connectivity index (χ1v) is 8.48. The summed E-state index contributed by atoms with van der Waals surface area (Å²) in [7, 11) is 0. The van der Waals surface area contributed by atoms with Crippen LogP contribution in [0.1, 0.15) is 43.8 Å². The summed E-state index contributed by atoms with van der Waals surface area (Å²) in [6.07, 6.45) is 8.62. The van der Waals surface area contributed by atoms with E-state index in [1.165, 1.54) is 32.1 Å².